The number of hydrogen-bond donors (Lipinski definition) is 2. The minimum Gasteiger partial charge on any atom is -0.478 e. The lowest BCUT2D eigenvalue weighted by molar-refractivity contribution is -0.384. The Labute approximate surface area is 138 Å². The van der Waals surface area contributed by atoms with E-state index in [9.17, 15) is 19.7 Å². The van der Waals surface area contributed by atoms with Gasteiger partial charge < -0.3 is 10.4 Å². The minimum absolute atomic E-state index is 0.00811. The number of para-hydroxylation sites is 1. The van der Waals surface area contributed by atoms with Crippen LogP contribution in [0.15, 0.2) is 48.5 Å². The van der Waals surface area contributed by atoms with E-state index < -0.39 is 16.8 Å². The minimum atomic E-state index is -1.12. The third-order valence-corrected chi connectivity index (χ3v) is 3.55. The maximum absolute atomic E-state index is 12.3. The predicted octanol–water partition coefficient (Wildman–Crippen LogP) is 3.11. The third kappa shape index (κ3) is 4.16. The van der Waals surface area contributed by atoms with Gasteiger partial charge >= 0.3 is 5.97 Å². The molecule has 0 saturated carbocycles. The molecule has 124 valence electrons. The van der Waals surface area contributed by atoms with E-state index >= 15 is 0 Å². The SMILES string of the molecule is CC(Cc1ccc([N+](=O)[O-])cc1)C(=O)Nc1ccccc1C(=O)O. The summed E-state index contributed by atoms with van der Waals surface area (Å²) in [7, 11) is 0. The number of nitro benzene ring substituents is 1. The van der Waals surface area contributed by atoms with Gasteiger partial charge in [-0.3, -0.25) is 14.9 Å². The number of carboxylic acids is 1. The van der Waals surface area contributed by atoms with Crippen molar-refractivity contribution in [1.82, 2.24) is 0 Å². The number of nitrogens with zero attached hydrogens (tertiary/aromatic N) is 1. The molecule has 2 aromatic carbocycles. The molecule has 0 spiro atoms. The Kier molecular flexibility index (Phi) is 5.26. The number of carboxylic acid groups (broad SMARTS) is 1. The Hall–Kier alpha value is -3.22. The first-order valence-electron chi connectivity index (χ1n) is 7.25. The molecule has 0 saturated heterocycles. The lowest BCUT2D eigenvalue weighted by atomic mass is 10.00. The predicted molar refractivity (Wildman–Crippen MR) is 88.0 cm³/mol. The highest BCUT2D eigenvalue weighted by Crippen LogP contribution is 2.18. The molecule has 0 aliphatic rings. The van der Waals surface area contributed by atoms with E-state index in [2.05, 4.69) is 5.32 Å². The monoisotopic (exact) mass is 328 g/mol. The van der Waals surface area contributed by atoms with Crippen LogP contribution < -0.4 is 5.32 Å². The summed E-state index contributed by atoms with van der Waals surface area (Å²) in [6.45, 7) is 1.71. The maximum Gasteiger partial charge on any atom is 0.337 e. The Bertz CT molecular complexity index is 771. The van der Waals surface area contributed by atoms with Crippen molar-refractivity contribution in [3.63, 3.8) is 0 Å². The van der Waals surface area contributed by atoms with E-state index in [0.717, 1.165) is 5.56 Å². The number of anilines is 1. The van der Waals surface area contributed by atoms with Gasteiger partial charge in [0.05, 0.1) is 16.2 Å². The van der Waals surface area contributed by atoms with Crippen molar-refractivity contribution in [1.29, 1.82) is 0 Å². The summed E-state index contributed by atoms with van der Waals surface area (Å²) in [6, 6.07) is 12.2. The zero-order valence-corrected chi connectivity index (χ0v) is 12.9. The van der Waals surface area contributed by atoms with Gasteiger partial charge in [0.1, 0.15) is 0 Å². The van der Waals surface area contributed by atoms with E-state index in [1.165, 1.54) is 24.3 Å². The first-order chi connectivity index (χ1) is 11.4. The number of nitro groups is 1. The van der Waals surface area contributed by atoms with Crippen LogP contribution in [0.4, 0.5) is 11.4 Å². The molecule has 0 radical (unpaired) electrons. The number of benzene rings is 2. The number of carbonyl (C=O) groups excluding carboxylic acids is 1. The molecule has 1 atom stereocenters. The standard InChI is InChI=1S/C17H16N2O5/c1-11(10-12-6-8-13(9-7-12)19(23)24)16(20)18-15-5-3-2-4-14(15)17(21)22/h2-9,11H,10H2,1H3,(H,18,20)(H,21,22). The van der Waals surface area contributed by atoms with Crippen LogP contribution in [0.2, 0.25) is 0 Å². The van der Waals surface area contributed by atoms with Gasteiger partial charge in [0.25, 0.3) is 5.69 Å². The smallest absolute Gasteiger partial charge is 0.337 e. The van der Waals surface area contributed by atoms with E-state index in [1.54, 1.807) is 31.2 Å². The summed E-state index contributed by atoms with van der Waals surface area (Å²) in [5.74, 6) is -1.86. The first kappa shape index (κ1) is 17.1. The highest BCUT2D eigenvalue weighted by atomic mass is 16.6. The molecule has 0 heterocycles. The summed E-state index contributed by atoms with van der Waals surface area (Å²) in [5.41, 5.74) is 1.04. The molecule has 0 fully saturated rings. The van der Waals surface area contributed by atoms with Crippen LogP contribution in [0, 0.1) is 16.0 Å². The second-order valence-electron chi connectivity index (χ2n) is 5.37. The van der Waals surface area contributed by atoms with Crippen molar-refractivity contribution in [2.75, 3.05) is 5.32 Å². The number of non-ortho nitro benzene ring substituents is 1. The number of carbonyl (C=O) groups is 2. The number of nitrogens with one attached hydrogen (secondary N) is 1. The Morgan fingerprint density at radius 2 is 1.79 bits per heavy atom. The van der Waals surface area contributed by atoms with Crippen LogP contribution in [0.1, 0.15) is 22.8 Å². The number of hydrogen-bond acceptors (Lipinski definition) is 4. The largest absolute Gasteiger partial charge is 0.478 e. The summed E-state index contributed by atoms with van der Waals surface area (Å²) >= 11 is 0. The van der Waals surface area contributed by atoms with Gasteiger partial charge in [0.2, 0.25) is 5.91 Å². The van der Waals surface area contributed by atoms with Gasteiger partial charge in [0.15, 0.2) is 0 Å². The van der Waals surface area contributed by atoms with Crippen molar-refractivity contribution in [3.8, 4) is 0 Å². The van der Waals surface area contributed by atoms with Crippen LogP contribution in [0.3, 0.4) is 0 Å². The third-order valence-electron chi connectivity index (χ3n) is 3.55. The molecule has 2 N–H and O–H groups in total. The quantitative estimate of drug-likeness (QED) is 0.625. The fourth-order valence-electron chi connectivity index (χ4n) is 2.23. The maximum atomic E-state index is 12.3. The van der Waals surface area contributed by atoms with Crippen LogP contribution >= 0.6 is 0 Å². The number of amides is 1. The molecule has 0 aliphatic carbocycles. The molecule has 7 heteroatoms. The zero-order valence-electron chi connectivity index (χ0n) is 12.9. The lowest BCUT2D eigenvalue weighted by Gasteiger charge is -2.13. The van der Waals surface area contributed by atoms with E-state index in [1.807, 2.05) is 0 Å². The van der Waals surface area contributed by atoms with E-state index in [-0.39, 0.29) is 22.8 Å². The highest BCUT2D eigenvalue weighted by Gasteiger charge is 2.17. The Morgan fingerprint density at radius 3 is 2.38 bits per heavy atom. The molecular formula is C17H16N2O5. The second-order valence-corrected chi connectivity index (χ2v) is 5.37. The van der Waals surface area contributed by atoms with E-state index in [4.69, 9.17) is 5.11 Å². The van der Waals surface area contributed by atoms with E-state index in [0.29, 0.717) is 6.42 Å². The fraction of sp³-hybridized carbons (Fsp3) is 0.176. The van der Waals surface area contributed by atoms with Crippen molar-refractivity contribution >= 4 is 23.3 Å². The van der Waals surface area contributed by atoms with Crippen LogP contribution in [0.5, 0.6) is 0 Å². The second kappa shape index (κ2) is 7.36. The van der Waals surface area contributed by atoms with Gasteiger partial charge in [-0.05, 0) is 24.1 Å². The van der Waals surface area contributed by atoms with Crippen molar-refractivity contribution in [3.05, 3.63) is 69.8 Å². The van der Waals surface area contributed by atoms with Gasteiger partial charge in [-0.25, -0.2) is 4.79 Å². The van der Waals surface area contributed by atoms with Crippen molar-refractivity contribution in [2.45, 2.75) is 13.3 Å². The molecule has 0 aliphatic heterocycles. The van der Waals surface area contributed by atoms with Gasteiger partial charge in [-0.15, -0.1) is 0 Å². The summed E-state index contributed by atoms with van der Waals surface area (Å²) in [4.78, 5) is 33.5. The van der Waals surface area contributed by atoms with Gasteiger partial charge in [0, 0.05) is 18.1 Å². The Morgan fingerprint density at radius 1 is 1.17 bits per heavy atom. The summed E-state index contributed by atoms with van der Waals surface area (Å²) in [5, 5.41) is 22.4. The molecule has 7 nitrogen and oxygen atoms in total. The van der Waals surface area contributed by atoms with Gasteiger partial charge in [-0.1, -0.05) is 31.2 Å². The molecule has 1 unspecified atom stereocenters. The number of aromatic carboxylic acids is 1. The summed E-state index contributed by atoms with van der Waals surface area (Å²) < 4.78 is 0. The van der Waals surface area contributed by atoms with Crippen LogP contribution in [-0.4, -0.2) is 21.9 Å². The van der Waals surface area contributed by atoms with Crippen molar-refractivity contribution in [2.24, 2.45) is 5.92 Å². The normalized spacial score (nSPS) is 11.5. The molecule has 2 rings (SSSR count). The molecule has 24 heavy (non-hydrogen) atoms. The first-order valence-corrected chi connectivity index (χ1v) is 7.25. The summed E-state index contributed by atoms with van der Waals surface area (Å²) in [6.07, 6.45) is 0.388. The average molecular weight is 328 g/mol. The van der Waals surface area contributed by atoms with Crippen molar-refractivity contribution < 1.29 is 19.6 Å². The fourth-order valence-corrected chi connectivity index (χ4v) is 2.23. The molecule has 2 aromatic rings. The lowest BCUT2D eigenvalue weighted by Crippen LogP contribution is -2.23. The molecule has 0 bridgehead atoms. The van der Waals surface area contributed by atoms with Crippen LogP contribution in [0.25, 0.3) is 0 Å². The average Bonchev–Trinajstić information content (AvgIpc) is 2.55. The molecular weight excluding hydrogens is 312 g/mol. The Balaban J connectivity index is 2.05. The number of rotatable bonds is 6. The molecule has 0 aromatic heterocycles. The molecule has 1 amide bonds. The van der Waals surface area contributed by atoms with Gasteiger partial charge in [-0.2, -0.15) is 0 Å². The highest BCUT2D eigenvalue weighted by molar-refractivity contribution is 6.01. The van der Waals surface area contributed by atoms with Crippen LogP contribution in [-0.2, 0) is 11.2 Å². The topological polar surface area (TPSA) is 110 Å². The zero-order chi connectivity index (χ0) is 17.7.